The summed E-state index contributed by atoms with van der Waals surface area (Å²) in [5.74, 6) is 1.81. The molecule has 3 heterocycles. The topological polar surface area (TPSA) is 35.9 Å². The number of hydrogen-bond acceptors (Lipinski definition) is 2. The molecule has 10 aromatic rings. The Bertz CT molecular complexity index is 4120. The van der Waals surface area contributed by atoms with Crippen molar-refractivity contribution in [1.29, 1.82) is 0 Å². The summed E-state index contributed by atoms with van der Waals surface area (Å²) in [6, 6.07) is 31.6. The summed E-state index contributed by atoms with van der Waals surface area (Å²) < 4.78 is 102. The summed E-state index contributed by atoms with van der Waals surface area (Å²) in [4.78, 5) is 4.92. The molecule has 0 N–H and O–H groups in total. The monoisotopic (exact) mass is 1100 g/mol. The number of pyridine rings is 1. The number of rotatable bonds is 7. The molecule has 0 radical (unpaired) electrons. The average molecular weight is 1100 g/mol. The van der Waals surface area contributed by atoms with Crippen LogP contribution in [0.2, 0.25) is 0 Å². The molecule has 2 aliphatic carbocycles. The molecule has 0 spiro atoms. The van der Waals surface area contributed by atoms with Gasteiger partial charge >= 0.3 is 0 Å². The first kappa shape index (κ1) is 35.5. The standard InChI is InChI=1S/C64H58N4O.Pt/c1-61(2,3)44-32-37-65-56(38-44)68-50-27-16-15-24-48(50)49-31-30-45(39-53(49)68)69-55-40-54(57-59-58(55)63(6,7)34-36-64(59,8)35-33-62(57,4)5)66-41-67(52-29-18-17-28-51(52)66)60-46(42-20-11-9-12-21-42)25-19-26-47(60)43-22-13-10-14-23-43;/h9-32,37-38H,33-36H2,1-8H3;/q-2;/i9D,10D,11D,12D,13D,14D,20D,21D,22D,23D;. The summed E-state index contributed by atoms with van der Waals surface area (Å²) in [5.41, 5.74) is 7.46. The molecule has 352 valence electrons. The molecule has 5 nitrogen and oxygen atoms in total. The van der Waals surface area contributed by atoms with E-state index in [1.165, 1.54) is 5.56 Å². The van der Waals surface area contributed by atoms with Crippen LogP contribution in [-0.4, -0.2) is 14.1 Å². The fourth-order valence-corrected chi connectivity index (χ4v) is 11.2. The van der Waals surface area contributed by atoms with E-state index >= 15 is 0 Å². The number of benzene rings is 7. The number of nitrogens with zero attached hydrogens (tertiary/aromatic N) is 4. The predicted octanol–water partition coefficient (Wildman–Crippen LogP) is 15.6. The van der Waals surface area contributed by atoms with Gasteiger partial charge in [0.15, 0.2) is 0 Å². The van der Waals surface area contributed by atoms with Crippen molar-refractivity contribution in [3.63, 3.8) is 0 Å². The van der Waals surface area contributed by atoms with E-state index in [9.17, 15) is 5.48 Å². The van der Waals surface area contributed by atoms with Crippen LogP contribution in [0.5, 0.6) is 11.5 Å². The third kappa shape index (κ3) is 7.38. The normalized spacial score (nSPS) is 19.1. The minimum atomic E-state index is -0.562. The van der Waals surface area contributed by atoms with Gasteiger partial charge in [-0.1, -0.05) is 206 Å². The average Bonchev–Trinajstić information content (AvgIpc) is 3.84. The van der Waals surface area contributed by atoms with Gasteiger partial charge in [-0.3, -0.25) is 4.57 Å². The molecule has 1 unspecified atom stereocenters. The molecule has 0 amide bonds. The Morgan fingerprint density at radius 1 is 0.657 bits per heavy atom. The van der Waals surface area contributed by atoms with Crippen LogP contribution in [0.1, 0.15) is 117 Å². The van der Waals surface area contributed by atoms with E-state index in [1.54, 1.807) is 22.8 Å². The van der Waals surface area contributed by atoms with E-state index in [2.05, 4.69) is 109 Å². The number of aromatic nitrogens is 4. The minimum absolute atomic E-state index is 0. The Labute approximate surface area is 441 Å². The van der Waals surface area contributed by atoms with Crippen LogP contribution >= 0.6 is 0 Å². The fourth-order valence-electron chi connectivity index (χ4n) is 11.2. The number of para-hydroxylation sites is 4. The van der Waals surface area contributed by atoms with Crippen molar-refractivity contribution in [1.82, 2.24) is 14.1 Å². The molecule has 0 fully saturated rings. The van der Waals surface area contributed by atoms with E-state index in [0.717, 1.165) is 70.0 Å². The van der Waals surface area contributed by atoms with Crippen molar-refractivity contribution in [3.8, 4) is 50.9 Å². The van der Waals surface area contributed by atoms with Gasteiger partial charge in [-0.15, -0.1) is 40.3 Å². The first-order valence-corrected chi connectivity index (χ1v) is 23.8. The zero-order valence-electron chi connectivity index (χ0n) is 50.6. The van der Waals surface area contributed by atoms with Crippen molar-refractivity contribution in [2.45, 2.75) is 103 Å². The molecule has 12 rings (SSSR count). The van der Waals surface area contributed by atoms with Crippen LogP contribution in [0.25, 0.3) is 72.3 Å². The third-order valence-electron chi connectivity index (χ3n) is 15.0. The molecule has 7 aromatic carbocycles. The van der Waals surface area contributed by atoms with Gasteiger partial charge in [-0.25, -0.2) is 4.98 Å². The van der Waals surface area contributed by atoms with Crippen LogP contribution in [0.15, 0.2) is 158 Å². The number of imidazole rings is 1. The SMILES string of the molecule is [2H]c1c([2H])c([2H])c(-c2cccc(-c3c([2H])c([2H])c([2H])c([2H])c3[2H])c2-[n+]2[c-]n(-c3[c-]c(Oc4[c-]c5c(cc4)c4ccccc4n5-c4cc(C(C)(C)C)ccn4)c4c5c3C(C)(C)CCC5(C)CCC4(C)C)c3ccccc32)c([2H])c1[2H].[Pt]. The maximum Gasteiger partial charge on any atom is 0.268 e. The molecule has 6 heteroatoms. The largest absolute Gasteiger partial charge is 0.509 e. The quantitative estimate of drug-likeness (QED) is 0.118. The number of hydrogen-bond donors (Lipinski definition) is 0. The summed E-state index contributed by atoms with van der Waals surface area (Å²) in [6.45, 7) is 18.1. The Hall–Kier alpha value is -6.55. The van der Waals surface area contributed by atoms with Gasteiger partial charge in [0.2, 0.25) is 0 Å². The predicted molar refractivity (Wildman–Crippen MR) is 281 cm³/mol. The molecule has 0 bridgehead atoms. The zero-order valence-corrected chi connectivity index (χ0v) is 42.9. The second-order valence-corrected chi connectivity index (χ2v) is 21.4. The molecule has 0 saturated heterocycles. The Morgan fingerprint density at radius 3 is 1.96 bits per heavy atom. The maximum atomic E-state index is 9.24. The summed E-state index contributed by atoms with van der Waals surface area (Å²) in [5, 5.41) is 2.06. The van der Waals surface area contributed by atoms with Crippen molar-refractivity contribution < 1.29 is 44.1 Å². The van der Waals surface area contributed by atoms with Crippen LogP contribution in [0, 0.1) is 18.5 Å². The molecule has 1 atom stereocenters. The minimum Gasteiger partial charge on any atom is -0.509 e. The fraction of sp³-hybridized carbons (Fsp3) is 0.250. The molecule has 3 aromatic heterocycles. The van der Waals surface area contributed by atoms with Crippen LogP contribution < -0.4 is 9.30 Å². The number of fused-ring (bicyclic) bond motifs is 4. The first-order valence-electron chi connectivity index (χ1n) is 28.8. The smallest absolute Gasteiger partial charge is 0.268 e. The van der Waals surface area contributed by atoms with Gasteiger partial charge < -0.3 is 13.9 Å². The molecule has 70 heavy (non-hydrogen) atoms. The van der Waals surface area contributed by atoms with E-state index in [-0.39, 0.29) is 65.3 Å². The van der Waals surface area contributed by atoms with Crippen molar-refractivity contribution in [2.75, 3.05) is 0 Å². The van der Waals surface area contributed by atoms with Crippen LogP contribution in [-0.2, 0) is 42.7 Å². The first-order chi connectivity index (χ1) is 37.3. The molecular weight excluding hydrogens is 1040 g/mol. The Kier molecular flexibility index (Phi) is 8.53. The van der Waals surface area contributed by atoms with E-state index in [0.29, 0.717) is 28.2 Å². The van der Waals surface area contributed by atoms with E-state index < -0.39 is 65.8 Å². The summed E-state index contributed by atoms with van der Waals surface area (Å²) in [7, 11) is 0. The third-order valence-corrected chi connectivity index (χ3v) is 15.0. The van der Waals surface area contributed by atoms with E-state index in [1.807, 2.05) is 53.2 Å². The molecule has 0 saturated carbocycles. The van der Waals surface area contributed by atoms with Gasteiger partial charge in [-0.05, 0) is 80.8 Å². The zero-order chi connectivity index (χ0) is 56.2. The van der Waals surface area contributed by atoms with Crippen molar-refractivity contribution in [2.24, 2.45) is 0 Å². The number of ether oxygens (including phenoxy) is 1. The maximum absolute atomic E-state index is 9.24. The van der Waals surface area contributed by atoms with Crippen molar-refractivity contribution in [3.05, 3.63) is 198 Å². The molecular formula is C64H58N4OPt-2. The molecule has 2 aliphatic rings. The second kappa shape index (κ2) is 16.8. The molecule has 0 aliphatic heterocycles. The second-order valence-electron chi connectivity index (χ2n) is 21.4. The van der Waals surface area contributed by atoms with E-state index in [4.69, 9.17) is 17.9 Å². The van der Waals surface area contributed by atoms with Gasteiger partial charge in [0, 0.05) is 44.3 Å². The summed E-state index contributed by atoms with van der Waals surface area (Å²) >= 11 is 0. The Balaban J connectivity index is 0.00000675. The summed E-state index contributed by atoms with van der Waals surface area (Å²) in [6.07, 6.45) is 9.24. The van der Waals surface area contributed by atoms with Crippen LogP contribution in [0.3, 0.4) is 0 Å². The van der Waals surface area contributed by atoms with Crippen molar-refractivity contribution >= 4 is 32.8 Å². The Morgan fingerprint density at radius 2 is 1.29 bits per heavy atom. The van der Waals surface area contributed by atoms with Gasteiger partial charge in [-0.2, -0.15) is 6.07 Å². The van der Waals surface area contributed by atoms with Gasteiger partial charge in [0.1, 0.15) is 5.82 Å². The van der Waals surface area contributed by atoms with Gasteiger partial charge in [0.05, 0.1) is 30.4 Å². The van der Waals surface area contributed by atoms with Crippen LogP contribution in [0.4, 0.5) is 0 Å². The van der Waals surface area contributed by atoms with Gasteiger partial charge in [0.25, 0.3) is 6.33 Å².